The van der Waals surface area contributed by atoms with E-state index in [0.29, 0.717) is 48.1 Å². The summed E-state index contributed by atoms with van der Waals surface area (Å²) >= 11 is 6.79. The van der Waals surface area contributed by atoms with Gasteiger partial charge in [-0.05, 0) is 53.5 Å². The first-order valence-corrected chi connectivity index (χ1v) is 14.1. The highest BCUT2D eigenvalue weighted by atomic mass is 35.5. The Kier molecular flexibility index (Phi) is 13.2. The number of nitrogens with zero attached hydrogens (tertiary/aromatic N) is 2. The first-order chi connectivity index (χ1) is 20.8. The molecule has 11 heteroatoms. The number of pyridine rings is 1. The second-order valence-corrected chi connectivity index (χ2v) is 9.88. The van der Waals surface area contributed by atoms with Gasteiger partial charge in [-0.15, -0.1) is 0 Å². The van der Waals surface area contributed by atoms with E-state index >= 15 is 0 Å². The zero-order valence-corrected chi connectivity index (χ0v) is 25.0. The van der Waals surface area contributed by atoms with Gasteiger partial charge in [-0.1, -0.05) is 54.6 Å². The molecule has 2 aromatic carbocycles. The van der Waals surface area contributed by atoms with Crippen molar-refractivity contribution in [1.29, 1.82) is 0 Å². The molecule has 10 nitrogen and oxygen atoms in total. The molecule has 0 fully saturated rings. The van der Waals surface area contributed by atoms with E-state index in [1.54, 1.807) is 42.6 Å². The zero-order chi connectivity index (χ0) is 31.2. The summed E-state index contributed by atoms with van der Waals surface area (Å²) in [7, 11) is 1.52. The number of amides is 2. The van der Waals surface area contributed by atoms with E-state index in [1.807, 2.05) is 31.2 Å². The molecule has 2 amide bonds. The molecular formula is C32H37ClN6O4. The van der Waals surface area contributed by atoms with E-state index in [2.05, 4.69) is 37.8 Å². The van der Waals surface area contributed by atoms with Gasteiger partial charge in [0.05, 0.1) is 23.9 Å². The van der Waals surface area contributed by atoms with Crippen LogP contribution < -0.4 is 21.3 Å². The number of aliphatic hydroxyl groups excluding tert-OH is 2. The maximum atomic E-state index is 13.0. The number of aliphatic hydroxyl groups is 2. The number of benzene rings is 2. The molecule has 0 radical (unpaired) electrons. The quantitative estimate of drug-likeness (QED) is 0.0879. The Labute approximate surface area is 256 Å². The first-order valence-electron chi connectivity index (χ1n) is 13.7. The maximum Gasteiger partial charge on any atom is 0.274 e. The van der Waals surface area contributed by atoms with Crippen molar-refractivity contribution in [1.82, 2.24) is 15.6 Å². The fraction of sp³-hybridized carbons (Fsp3) is 0.250. The molecule has 1 heterocycles. The number of halogens is 1. The van der Waals surface area contributed by atoms with Crippen LogP contribution in [0.1, 0.15) is 21.6 Å². The van der Waals surface area contributed by atoms with E-state index in [9.17, 15) is 9.59 Å². The molecule has 0 bridgehead atoms. The number of anilines is 2. The van der Waals surface area contributed by atoms with Gasteiger partial charge >= 0.3 is 0 Å². The average Bonchev–Trinajstić information content (AvgIpc) is 3.00. The van der Waals surface area contributed by atoms with E-state index in [0.717, 1.165) is 22.3 Å². The molecule has 0 aliphatic heterocycles. The fourth-order valence-electron chi connectivity index (χ4n) is 4.08. The van der Waals surface area contributed by atoms with Crippen molar-refractivity contribution in [2.75, 3.05) is 50.5 Å². The largest absolute Gasteiger partial charge is 0.395 e. The molecule has 0 saturated carbocycles. The summed E-state index contributed by atoms with van der Waals surface area (Å²) in [6, 6.07) is 14.3. The van der Waals surface area contributed by atoms with Crippen molar-refractivity contribution in [2.45, 2.75) is 13.5 Å². The van der Waals surface area contributed by atoms with Gasteiger partial charge in [0.25, 0.3) is 11.8 Å². The summed E-state index contributed by atoms with van der Waals surface area (Å²) in [4.78, 5) is 34.3. The topological polar surface area (TPSA) is 148 Å². The monoisotopic (exact) mass is 604 g/mol. The highest BCUT2D eigenvalue weighted by Gasteiger charge is 2.17. The Morgan fingerprint density at radius 2 is 1.65 bits per heavy atom. The molecule has 0 unspecified atom stereocenters. The van der Waals surface area contributed by atoms with E-state index in [4.69, 9.17) is 21.8 Å². The van der Waals surface area contributed by atoms with Crippen LogP contribution in [0.15, 0.2) is 84.0 Å². The van der Waals surface area contributed by atoms with Gasteiger partial charge in [-0.25, -0.2) is 0 Å². The van der Waals surface area contributed by atoms with Gasteiger partial charge < -0.3 is 31.5 Å². The second-order valence-electron chi connectivity index (χ2n) is 9.51. The van der Waals surface area contributed by atoms with Crippen molar-refractivity contribution in [2.24, 2.45) is 4.99 Å². The Hall–Kier alpha value is -4.19. The van der Waals surface area contributed by atoms with Crippen LogP contribution in [-0.2, 0) is 11.3 Å². The predicted molar refractivity (Wildman–Crippen MR) is 173 cm³/mol. The second kappa shape index (κ2) is 17.1. The Morgan fingerprint density at radius 1 is 0.953 bits per heavy atom. The van der Waals surface area contributed by atoms with Crippen LogP contribution >= 0.6 is 11.6 Å². The molecule has 3 rings (SSSR count). The van der Waals surface area contributed by atoms with Gasteiger partial charge in [0, 0.05) is 50.7 Å². The minimum absolute atomic E-state index is 0.0250. The van der Waals surface area contributed by atoms with Crippen LogP contribution in [0.3, 0.4) is 0 Å². The number of aliphatic imine (C=N–C) groups is 1. The van der Waals surface area contributed by atoms with Crippen LogP contribution in [0, 0.1) is 6.92 Å². The van der Waals surface area contributed by atoms with Gasteiger partial charge in [0.2, 0.25) is 0 Å². The highest BCUT2D eigenvalue weighted by molar-refractivity contribution is 6.48. The van der Waals surface area contributed by atoms with Crippen LogP contribution in [-0.4, -0.2) is 72.6 Å². The van der Waals surface area contributed by atoms with E-state index < -0.39 is 5.91 Å². The Morgan fingerprint density at radius 3 is 2.33 bits per heavy atom. The Balaban J connectivity index is 1.74. The molecule has 43 heavy (non-hydrogen) atoms. The van der Waals surface area contributed by atoms with Crippen molar-refractivity contribution in [3.63, 3.8) is 0 Å². The fourth-order valence-corrected chi connectivity index (χ4v) is 4.36. The molecule has 226 valence electrons. The number of carbonyl (C=O) groups excluding carboxylic acids is 2. The van der Waals surface area contributed by atoms with Gasteiger partial charge in [-0.2, -0.15) is 0 Å². The van der Waals surface area contributed by atoms with Crippen LogP contribution in [0.5, 0.6) is 0 Å². The minimum Gasteiger partial charge on any atom is -0.395 e. The molecule has 3 aromatic rings. The van der Waals surface area contributed by atoms with Crippen molar-refractivity contribution in [3.8, 4) is 11.1 Å². The highest BCUT2D eigenvalue weighted by Crippen LogP contribution is 2.37. The van der Waals surface area contributed by atoms with Gasteiger partial charge in [-0.3, -0.25) is 19.6 Å². The van der Waals surface area contributed by atoms with E-state index in [1.165, 1.54) is 7.05 Å². The van der Waals surface area contributed by atoms with E-state index in [-0.39, 0.29) is 30.5 Å². The lowest BCUT2D eigenvalue weighted by Crippen LogP contribution is -2.22. The molecule has 0 aliphatic carbocycles. The molecule has 6 N–H and O–H groups in total. The molecular weight excluding hydrogens is 568 g/mol. The number of hydrogen-bond donors (Lipinski definition) is 6. The van der Waals surface area contributed by atoms with Gasteiger partial charge in [0.1, 0.15) is 11.4 Å². The molecule has 0 atom stereocenters. The lowest BCUT2D eigenvalue weighted by Gasteiger charge is -2.16. The number of rotatable bonds is 15. The van der Waals surface area contributed by atoms with Crippen LogP contribution in [0.25, 0.3) is 11.1 Å². The summed E-state index contributed by atoms with van der Waals surface area (Å²) in [5.41, 5.74) is 5.35. The third-order valence-corrected chi connectivity index (χ3v) is 6.79. The smallest absolute Gasteiger partial charge is 0.274 e. The number of hydrogen-bond acceptors (Lipinski definition) is 8. The number of nitrogens with one attached hydrogen (secondary N) is 4. The summed E-state index contributed by atoms with van der Waals surface area (Å²) < 4.78 is 0. The van der Waals surface area contributed by atoms with Crippen LogP contribution in [0.2, 0.25) is 5.02 Å². The van der Waals surface area contributed by atoms with Crippen molar-refractivity contribution >= 4 is 40.5 Å². The summed E-state index contributed by atoms with van der Waals surface area (Å²) in [6.07, 6.45) is 4.89. The maximum absolute atomic E-state index is 13.0. The zero-order valence-electron chi connectivity index (χ0n) is 24.3. The van der Waals surface area contributed by atoms with Gasteiger partial charge in [0.15, 0.2) is 0 Å². The summed E-state index contributed by atoms with van der Waals surface area (Å²) in [5, 5.41) is 30.0. The molecule has 0 saturated heterocycles. The SMILES string of the molecule is C=C(/C=C\C(=NC)C(=O)Nc1cccc(-c2cccc(NC(=O)c3ccc(CNCCO)cn3)c2C)c1Cl)CNCCO. The lowest BCUT2D eigenvalue weighted by molar-refractivity contribution is -0.110. The molecule has 1 aromatic heterocycles. The van der Waals surface area contributed by atoms with Crippen molar-refractivity contribution in [3.05, 3.63) is 101 Å². The third kappa shape index (κ3) is 9.67. The third-order valence-electron chi connectivity index (χ3n) is 6.39. The number of aromatic nitrogens is 1. The average molecular weight is 605 g/mol. The summed E-state index contributed by atoms with van der Waals surface area (Å²) in [5.74, 6) is -0.789. The number of carbonyl (C=O) groups is 2. The van der Waals surface area contributed by atoms with Crippen molar-refractivity contribution < 1.29 is 19.8 Å². The van der Waals surface area contributed by atoms with Crippen LogP contribution in [0.4, 0.5) is 11.4 Å². The standard InChI is InChI=1S/C32H37ClN6O4/c1-21(18-35-14-16-40)10-12-28(34-3)31(42)39-27-9-5-7-25(30(27)33)24-6-4-8-26(22(24)2)38-32(43)29-13-11-23(20-37-29)19-36-15-17-41/h4-13,20,35-36,40-41H,1,14-19H2,2-3H3,(H,38,43)(H,39,42)/b12-10-,34-28?. The minimum atomic E-state index is -0.436. The molecule has 0 spiro atoms. The predicted octanol–water partition coefficient (Wildman–Crippen LogP) is 3.75. The molecule has 0 aliphatic rings. The Bertz CT molecular complexity index is 1490. The lowest BCUT2D eigenvalue weighted by atomic mass is 9.98. The normalized spacial score (nSPS) is 11.5. The summed E-state index contributed by atoms with van der Waals surface area (Å²) in [6.45, 7) is 7.81. The first kappa shape index (κ1) is 33.3.